The summed E-state index contributed by atoms with van der Waals surface area (Å²) in [5.41, 5.74) is 1.06. The zero-order valence-corrected chi connectivity index (χ0v) is 10.7. The Morgan fingerprint density at radius 2 is 2.14 bits per heavy atom. The molecular weight excluding hydrogens is 263 g/mol. The molecule has 78 valence electrons. The van der Waals surface area contributed by atoms with Crippen molar-refractivity contribution < 1.29 is 4.74 Å². The molecule has 1 aromatic rings. The van der Waals surface area contributed by atoms with Gasteiger partial charge in [-0.25, -0.2) is 0 Å². The first-order chi connectivity index (χ1) is 6.63. The third-order valence-electron chi connectivity index (χ3n) is 1.74. The number of hydrogen-bond acceptors (Lipinski definition) is 1. The Hall–Kier alpha value is -0.210. The predicted octanol–water partition coefficient (Wildman–Crippen LogP) is 4.22. The van der Waals surface area contributed by atoms with Gasteiger partial charge in [-0.15, -0.1) is 11.6 Å². The van der Waals surface area contributed by atoms with Gasteiger partial charge in [0.1, 0.15) is 5.75 Å². The number of hydrogen-bond donors (Lipinski definition) is 0. The lowest BCUT2D eigenvalue weighted by atomic mass is 10.2. The number of rotatable bonds is 4. The standard InChI is InChI=1S/C11H14BrClO/c1-8(2)7-14-10-3-4-11(12)9(5-10)6-13/h3-5,8H,6-7H2,1-2H3. The van der Waals surface area contributed by atoms with Gasteiger partial charge in [-0.05, 0) is 29.7 Å². The molecule has 0 N–H and O–H groups in total. The molecule has 14 heavy (non-hydrogen) atoms. The highest BCUT2D eigenvalue weighted by molar-refractivity contribution is 9.10. The van der Waals surface area contributed by atoms with Gasteiger partial charge in [0.15, 0.2) is 0 Å². The fourth-order valence-corrected chi connectivity index (χ4v) is 1.78. The topological polar surface area (TPSA) is 9.23 Å². The third-order valence-corrected chi connectivity index (χ3v) is 2.81. The minimum atomic E-state index is 0.499. The van der Waals surface area contributed by atoms with E-state index in [2.05, 4.69) is 29.8 Å². The highest BCUT2D eigenvalue weighted by Gasteiger charge is 2.02. The van der Waals surface area contributed by atoms with Crippen molar-refractivity contribution in [3.8, 4) is 5.75 Å². The number of halogens is 2. The third kappa shape index (κ3) is 3.50. The lowest BCUT2D eigenvalue weighted by Crippen LogP contribution is -2.04. The summed E-state index contributed by atoms with van der Waals surface area (Å²) in [7, 11) is 0. The molecule has 0 saturated heterocycles. The van der Waals surface area contributed by atoms with Crippen molar-refractivity contribution >= 4 is 27.5 Å². The van der Waals surface area contributed by atoms with Gasteiger partial charge >= 0.3 is 0 Å². The second-order valence-electron chi connectivity index (χ2n) is 3.59. The average Bonchev–Trinajstić information content (AvgIpc) is 2.16. The monoisotopic (exact) mass is 276 g/mol. The summed E-state index contributed by atoms with van der Waals surface area (Å²) in [6, 6.07) is 5.88. The molecule has 0 amide bonds. The molecule has 1 rings (SSSR count). The normalized spacial score (nSPS) is 10.6. The Balaban J connectivity index is 2.69. The van der Waals surface area contributed by atoms with E-state index >= 15 is 0 Å². The molecule has 0 aliphatic carbocycles. The van der Waals surface area contributed by atoms with Crippen molar-refractivity contribution in [1.29, 1.82) is 0 Å². The summed E-state index contributed by atoms with van der Waals surface area (Å²) >= 11 is 9.21. The Bertz CT molecular complexity index is 299. The quantitative estimate of drug-likeness (QED) is 0.749. The second kappa shape index (κ2) is 5.62. The zero-order valence-electron chi connectivity index (χ0n) is 8.39. The predicted molar refractivity (Wildman–Crippen MR) is 64.0 cm³/mol. The van der Waals surface area contributed by atoms with Gasteiger partial charge < -0.3 is 4.74 Å². The molecule has 0 radical (unpaired) electrons. The first kappa shape index (κ1) is 11.9. The number of ether oxygens (including phenoxy) is 1. The lowest BCUT2D eigenvalue weighted by molar-refractivity contribution is 0.271. The molecule has 0 fully saturated rings. The second-order valence-corrected chi connectivity index (χ2v) is 4.71. The van der Waals surface area contributed by atoms with E-state index in [1.807, 2.05) is 18.2 Å². The molecule has 0 aliphatic heterocycles. The molecule has 1 aromatic carbocycles. The summed E-state index contributed by atoms with van der Waals surface area (Å²) in [6.07, 6.45) is 0. The zero-order chi connectivity index (χ0) is 10.6. The van der Waals surface area contributed by atoms with Crippen LogP contribution in [0.15, 0.2) is 22.7 Å². The van der Waals surface area contributed by atoms with Gasteiger partial charge in [-0.1, -0.05) is 29.8 Å². The number of alkyl halides is 1. The molecule has 0 unspecified atom stereocenters. The minimum absolute atomic E-state index is 0.499. The summed E-state index contributed by atoms with van der Waals surface area (Å²) in [5.74, 6) is 1.93. The van der Waals surface area contributed by atoms with Crippen LogP contribution >= 0.6 is 27.5 Å². The van der Waals surface area contributed by atoms with Crippen molar-refractivity contribution in [2.75, 3.05) is 6.61 Å². The first-order valence-electron chi connectivity index (χ1n) is 4.60. The molecule has 0 aliphatic rings. The first-order valence-corrected chi connectivity index (χ1v) is 5.93. The van der Waals surface area contributed by atoms with E-state index < -0.39 is 0 Å². The molecule has 3 heteroatoms. The fraction of sp³-hybridized carbons (Fsp3) is 0.455. The summed E-state index contributed by atoms with van der Waals surface area (Å²) < 4.78 is 6.62. The van der Waals surface area contributed by atoms with Crippen LogP contribution in [0.1, 0.15) is 19.4 Å². The van der Waals surface area contributed by atoms with Gasteiger partial charge in [-0.2, -0.15) is 0 Å². The highest BCUT2D eigenvalue weighted by Crippen LogP contribution is 2.24. The fourth-order valence-electron chi connectivity index (χ4n) is 1.01. The molecule has 0 saturated carbocycles. The van der Waals surface area contributed by atoms with E-state index in [1.165, 1.54) is 0 Å². The SMILES string of the molecule is CC(C)COc1ccc(Br)c(CCl)c1. The van der Waals surface area contributed by atoms with Crippen molar-refractivity contribution in [2.45, 2.75) is 19.7 Å². The highest BCUT2D eigenvalue weighted by atomic mass is 79.9. The Morgan fingerprint density at radius 3 is 2.71 bits per heavy atom. The van der Waals surface area contributed by atoms with Crippen LogP contribution in [0.25, 0.3) is 0 Å². The molecule has 0 atom stereocenters. The van der Waals surface area contributed by atoms with Crippen LogP contribution in [0.2, 0.25) is 0 Å². The van der Waals surface area contributed by atoms with E-state index in [9.17, 15) is 0 Å². The summed E-state index contributed by atoms with van der Waals surface area (Å²) in [5, 5.41) is 0. The Morgan fingerprint density at radius 1 is 1.43 bits per heavy atom. The van der Waals surface area contributed by atoms with E-state index in [-0.39, 0.29) is 0 Å². The largest absolute Gasteiger partial charge is 0.493 e. The Labute approximate surface area is 98.5 Å². The van der Waals surface area contributed by atoms with Crippen LogP contribution in [-0.2, 0) is 5.88 Å². The van der Waals surface area contributed by atoms with Gasteiger partial charge in [0, 0.05) is 10.4 Å². The van der Waals surface area contributed by atoms with E-state index in [1.54, 1.807) is 0 Å². The maximum Gasteiger partial charge on any atom is 0.119 e. The van der Waals surface area contributed by atoms with Crippen LogP contribution < -0.4 is 4.74 Å². The van der Waals surface area contributed by atoms with E-state index in [0.29, 0.717) is 11.8 Å². The molecule has 0 spiro atoms. The van der Waals surface area contributed by atoms with Crippen LogP contribution in [-0.4, -0.2) is 6.61 Å². The van der Waals surface area contributed by atoms with Crippen LogP contribution in [0, 0.1) is 5.92 Å². The van der Waals surface area contributed by atoms with Gasteiger partial charge in [0.2, 0.25) is 0 Å². The molecule has 0 heterocycles. The minimum Gasteiger partial charge on any atom is -0.493 e. The maximum atomic E-state index is 5.78. The molecule has 0 aromatic heterocycles. The van der Waals surface area contributed by atoms with Crippen molar-refractivity contribution in [3.05, 3.63) is 28.2 Å². The van der Waals surface area contributed by atoms with E-state index in [4.69, 9.17) is 16.3 Å². The van der Waals surface area contributed by atoms with Crippen molar-refractivity contribution in [3.63, 3.8) is 0 Å². The number of benzene rings is 1. The van der Waals surface area contributed by atoms with Gasteiger partial charge in [-0.3, -0.25) is 0 Å². The molecule has 0 bridgehead atoms. The van der Waals surface area contributed by atoms with Crippen molar-refractivity contribution in [2.24, 2.45) is 5.92 Å². The van der Waals surface area contributed by atoms with Crippen LogP contribution in [0.3, 0.4) is 0 Å². The van der Waals surface area contributed by atoms with Crippen LogP contribution in [0.5, 0.6) is 5.75 Å². The smallest absolute Gasteiger partial charge is 0.119 e. The molecule has 1 nitrogen and oxygen atoms in total. The lowest BCUT2D eigenvalue weighted by Gasteiger charge is -2.10. The summed E-state index contributed by atoms with van der Waals surface area (Å²) in [4.78, 5) is 0. The average molecular weight is 278 g/mol. The maximum absolute atomic E-state index is 5.78. The Kier molecular flexibility index (Phi) is 4.76. The van der Waals surface area contributed by atoms with E-state index in [0.717, 1.165) is 22.4 Å². The van der Waals surface area contributed by atoms with Gasteiger partial charge in [0.05, 0.1) is 6.61 Å². The molecular formula is C11H14BrClO. The van der Waals surface area contributed by atoms with Gasteiger partial charge in [0.25, 0.3) is 0 Å². The van der Waals surface area contributed by atoms with Crippen molar-refractivity contribution in [1.82, 2.24) is 0 Å². The summed E-state index contributed by atoms with van der Waals surface area (Å²) in [6.45, 7) is 4.99. The van der Waals surface area contributed by atoms with Crippen LogP contribution in [0.4, 0.5) is 0 Å².